The first-order valence-corrected chi connectivity index (χ1v) is 12.4. The molecule has 4 rings (SSSR count). The molecule has 1 amide bonds. The lowest BCUT2D eigenvalue weighted by atomic mass is 9.85. The van der Waals surface area contributed by atoms with Gasteiger partial charge in [-0.1, -0.05) is 61.9 Å². The minimum atomic E-state index is -0.383. The van der Waals surface area contributed by atoms with E-state index in [9.17, 15) is 4.79 Å². The van der Waals surface area contributed by atoms with Gasteiger partial charge in [-0.2, -0.15) is 0 Å². The van der Waals surface area contributed by atoms with Gasteiger partial charge >= 0.3 is 0 Å². The SMILES string of the molecule is COc1ccc(-c2nnc(S[C@H](C(=O)N(C)C)c3ccccc3)n2[C@@H]2CCCC[C@H]2C)cc1. The standard InChI is InChI=1S/C26H32N4O2S/c1-18-10-8-9-13-22(18)30-24(20-14-16-21(32-4)17-15-20)27-28-26(30)33-23(25(31)29(2)3)19-11-6-5-7-12-19/h5-7,11-12,14-18,22-23H,8-10,13H2,1-4H3/t18-,22-,23+/m1/s1. The van der Waals surface area contributed by atoms with Crippen molar-refractivity contribution in [3.63, 3.8) is 0 Å². The fraction of sp³-hybridized carbons (Fsp3) is 0.423. The molecule has 3 aromatic rings. The number of ether oxygens (including phenoxy) is 1. The molecule has 1 aromatic heterocycles. The maximum absolute atomic E-state index is 13.2. The summed E-state index contributed by atoms with van der Waals surface area (Å²) in [7, 11) is 5.27. The van der Waals surface area contributed by atoms with Crippen LogP contribution in [0.4, 0.5) is 0 Å². The number of carbonyl (C=O) groups is 1. The lowest BCUT2D eigenvalue weighted by Gasteiger charge is -2.32. The second-order valence-electron chi connectivity index (χ2n) is 8.88. The van der Waals surface area contributed by atoms with Crippen molar-refractivity contribution in [2.45, 2.75) is 49.1 Å². The number of aromatic nitrogens is 3. The summed E-state index contributed by atoms with van der Waals surface area (Å²) >= 11 is 1.50. The summed E-state index contributed by atoms with van der Waals surface area (Å²) in [5.74, 6) is 2.23. The van der Waals surface area contributed by atoms with Crippen LogP contribution in [0.5, 0.6) is 5.75 Å². The lowest BCUT2D eigenvalue weighted by Crippen LogP contribution is -2.27. The van der Waals surface area contributed by atoms with Gasteiger partial charge in [-0.15, -0.1) is 10.2 Å². The predicted octanol–water partition coefficient (Wildman–Crippen LogP) is 5.63. The van der Waals surface area contributed by atoms with Crippen LogP contribution in [0.1, 0.15) is 49.5 Å². The van der Waals surface area contributed by atoms with Gasteiger partial charge in [0.1, 0.15) is 11.0 Å². The molecule has 0 N–H and O–H groups in total. The molecule has 7 heteroatoms. The molecule has 0 unspecified atom stereocenters. The first-order valence-electron chi connectivity index (χ1n) is 11.5. The number of rotatable bonds is 7. The van der Waals surface area contributed by atoms with Gasteiger partial charge in [0, 0.05) is 25.7 Å². The highest BCUT2D eigenvalue weighted by molar-refractivity contribution is 8.00. The van der Waals surface area contributed by atoms with Crippen LogP contribution in [0.25, 0.3) is 11.4 Å². The van der Waals surface area contributed by atoms with Crippen LogP contribution in [-0.4, -0.2) is 46.8 Å². The van der Waals surface area contributed by atoms with Crippen LogP contribution in [0, 0.1) is 5.92 Å². The van der Waals surface area contributed by atoms with E-state index in [1.54, 1.807) is 26.1 Å². The van der Waals surface area contributed by atoms with Crippen LogP contribution in [0.2, 0.25) is 0 Å². The summed E-state index contributed by atoms with van der Waals surface area (Å²) in [6.45, 7) is 2.32. The summed E-state index contributed by atoms with van der Waals surface area (Å²) < 4.78 is 7.62. The molecule has 3 atom stereocenters. The molecule has 0 saturated heterocycles. The fourth-order valence-corrected chi connectivity index (χ4v) is 5.74. The van der Waals surface area contributed by atoms with E-state index in [2.05, 4.69) is 21.7 Å². The van der Waals surface area contributed by atoms with Crippen LogP contribution in [-0.2, 0) is 4.79 Å². The van der Waals surface area contributed by atoms with Gasteiger partial charge in [0.05, 0.1) is 7.11 Å². The highest BCUT2D eigenvalue weighted by atomic mass is 32.2. The number of methoxy groups -OCH3 is 1. The van der Waals surface area contributed by atoms with Gasteiger partial charge < -0.3 is 9.64 Å². The molecule has 0 bridgehead atoms. The van der Waals surface area contributed by atoms with Gasteiger partial charge in [-0.05, 0) is 48.6 Å². The Balaban J connectivity index is 1.78. The van der Waals surface area contributed by atoms with E-state index < -0.39 is 0 Å². The van der Waals surface area contributed by atoms with Crippen molar-refractivity contribution in [2.75, 3.05) is 21.2 Å². The van der Waals surface area contributed by atoms with Crippen molar-refractivity contribution < 1.29 is 9.53 Å². The lowest BCUT2D eigenvalue weighted by molar-refractivity contribution is -0.128. The molecule has 1 aliphatic rings. The number of hydrogen-bond donors (Lipinski definition) is 0. The Morgan fingerprint density at radius 3 is 2.39 bits per heavy atom. The smallest absolute Gasteiger partial charge is 0.240 e. The Bertz CT molecular complexity index is 1070. The van der Waals surface area contributed by atoms with Gasteiger partial charge in [0.15, 0.2) is 11.0 Å². The van der Waals surface area contributed by atoms with Crippen LogP contribution < -0.4 is 4.74 Å². The minimum absolute atomic E-state index is 0.0449. The van der Waals surface area contributed by atoms with Gasteiger partial charge in [-0.3, -0.25) is 9.36 Å². The van der Waals surface area contributed by atoms with Crippen molar-refractivity contribution in [1.29, 1.82) is 0 Å². The number of likely N-dealkylation sites (N-methyl/N-ethyl adjacent to an activating group) is 1. The third-order valence-corrected chi connectivity index (χ3v) is 7.60. The van der Waals surface area contributed by atoms with E-state index in [0.29, 0.717) is 12.0 Å². The fourth-order valence-electron chi connectivity index (χ4n) is 4.50. The van der Waals surface area contributed by atoms with Gasteiger partial charge in [-0.25, -0.2) is 0 Å². The Kier molecular flexibility index (Phi) is 7.38. The molecular formula is C26H32N4O2S. The van der Waals surface area contributed by atoms with E-state index in [1.807, 2.05) is 54.6 Å². The Hall–Kier alpha value is -2.80. The van der Waals surface area contributed by atoms with Crippen LogP contribution in [0.15, 0.2) is 59.8 Å². The summed E-state index contributed by atoms with van der Waals surface area (Å²) in [5, 5.41) is 9.67. The maximum atomic E-state index is 13.2. The van der Waals surface area contributed by atoms with Crippen molar-refractivity contribution >= 4 is 17.7 Å². The zero-order valence-electron chi connectivity index (χ0n) is 19.8. The second-order valence-corrected chi connectivity index (χ2v) is 9.95. The van der Waals surface area contributed by atoms with Gasteiger partial charge in [0.2, 0.25) is 5.91 Å². The molecule has 2 aromatic carbocycles. The molecule has 33 heavy (non-hydrogen) atoms. The first-order chi connectivity index (χ1) is 16.0. The summed E-state index contributed by atoms with van der Waals surface area (Å²) in [5.41, 5.74) is 1.97. The third kappa shape index (κ3) is 5.08. The Labute approximate surface area is 200 Å². The van der Waals surface area contributed by atoms with Crippen molar-refractivity contribution in [3.05, 3.63) is 60.2 Å². The monoisotopic (exact) mass is 464 g/mol. The molecule has 1 heterocycles. The molecule has 6 nitrogen and oxygen atoms in total. The van der Waals surface area contributed by atoms with E-state index in [-0.39, 0.29) is 11.2 Å². The molecule has 0 radical (unpaired) electrons. The zero-order valence-corrected chi connectivity index (χ0v) is 20.6. The van der Waals surface area contributed by atoms with E-state index >= 15 is 0 Å². The van der Waals surface area contributed by atoms with Crippen LogP contribution >= 0.6 is 11.8 Å². The second kappa shape index (κ2) is 10.4. The number of amides is 1. The predicted molar refractivity (Wildman–Crippen MR) is 132 cm³/mol. The van der Waals surface area contributed by atoms with E-state index in [4.69, 9.17) is 4.74 Å². The molecule has 1 fully saturated rings. The average molecular weight is 465 g/mol. The molecule has 0 aliphatic heterocycles. The number of carbonyl (C=O) groups excluding carboxylic acids is 1. The van der Waals surface area contributed by atoms with Crippen molar-refractivity contribution in [3.8, 4) is 17.1 Å². The Morgan fingerprint density at radius 2 is 1.76 bits per heavy atom. The van der Waals surface area contributed by atoms with Gasteiger partial charge in [0.25, 0.3) is 0 Å². The zero-order chi connectivity index (χ0) is 23.4. The molecular weight excluding hydrogens is 432 g/mol. The van der Waals surface area contributed by atoms with Crippen LogP contribution in [0.3, 0.4) is 0 Å². The highest BCUT2D eigenvalue weighted by Crippen LogP contribution is 2.43. The number of nitrogens with zero attached hydrogens (tertiary/aromatic N) is 4. The quantitative estimate of drug-likeness (QED) is 0.424. The third-order valence-electron chi connectivity index (χ3n) is 6.40. The summed E-state index contributed by atoms with van der Waals surface area (Å²) in [6, 6.07) is 18.2. The average Bonchev–Trinajstić information content (AvgIpc) is 3.26. The Morgan fingerprint density at radius 1 is 1.06 bits per heavy atom. The van der Waals surface area contributed by atoms with Crippen molar-refractivity contribution in [2.24, 2.45) is 5.92 Å². The normalized spacial score (nSPS) is 19.2. The summed E-state index contributed by atoms with van der Waals surface area (Å²) in [4.78, 5) is 14.8. The number of thioether (sulfide) groups is 1. The maximum Gasteiger partial charge on any atom is 0.240 e. The van der Waals surface area contributed by atoms with E-state index in [1.165, 1.54) is 31.0 Å². The number of benzene rings is 2. The molecule has 1 saturated carbocycles. The molecule has 1 aliphatic carbocycles. The van der Waals surface area contributed by atoms with Crippen molar-refractivity contribution in [1.82, 2.24) is 19.7 Å². The first kappa shape index (κ1) is 23.4. The largest absolute Gasteiger partial charge is 0.497 e. The highest BCUT2D eigenvalue weighted by Gasteiger charge is 2.32. The number of hydrogen-bond acceptors (Lipinski definition) is 5. The minimum Gasteiger partial charge on any atom is -0.497 e. The summed E-state index contributed by atoms with van der Waals surface area (Å²) in [6.07, 6.45) is 4.73. The topological polar surface area (TPSA) is 60.3 Å². The molecule has 174 valence electrons. The molecule has 0 spiro atoms. The van der Waals surface area contributed by atoms with E-state index in [0.717, 1.165) is 34.3 Å².